The molecule has 0 aromatic heterocycles. The minimum absolute atomic E-state index is 0.365. The Morgan fingerprint density at radius 3 is 2.53 bits per heavy atom. The van der Waals surface area contributed by atoms with E-state index < -0.39 is 11.4 Å². The summed E-state index contributed by atoms with van der Waals surface area (Å²) in [6.45, 7) is 1.86. The number of halogens is 1. The van der Waals surface area contributed by atoms with E-state index in [1.165, 1.54) is 6.07 Å². The van der Waals surface area contributed by atoms with E-state index in [0.29, 0.717) is 18.4 Å². The molecule has 1 saturated carbocycles. The summed E-state index contributed by atoms with van der Waals surface area (Å²) >= 11 is 0. The van der Waals surface area contributed by atoms with Gasteiger partial charge in [0.1, 0.15) is 5.82 Å². The van der Waals surface area contributed by atoms with Crippen molar-refractivity contribution in [2.75, 3.05) is 0 Å². The zero-order valence-electron chi connectivity index (χ0n) is 10.0. The van der Waals surface area contributed by atoms with Crippen molar-refractivity contribution in [1.29, 1.82) is 0 Å². The molecule has 1 N–H and O–H groups in total. The van der Waals surface area contributed by atoms with Crippen LogP contribution in [0.5, 0.6) is 0 Å². The Kier molecular flexibility index (Phi) is 3.18. The van der Waals surface area contributed by atoms with Crippen molar-refractivity contribution in [2.24, 2.45) is 0 Å². The van der Waals surface area contributed by atoms with Gasteiger partial charge in [-0.2, -0.15) is 0 Å². The maximum absolute atomic E-state index is 13.9. The van der Waals surface area contributed by atoms with Crippen molar-refractivity contribution in [1.82, 2.24) is 0 Å². The van der Waals surface area contributed by atoms with E-state index in [9.17, 15) is 14.3 Å². The Morgan fingerprint density at radius 2 is 1.94 bits per heavy atom. The first-order valence-electron chi connectivity index (χ1n) is 6.06. The van der Waals surface area contributed by atoms with E-state index in [2.05, 4.69) is 0 Å². The second-order valence-electron chi connectivity index (χ2n) is 4.93. The number of aryl methyl sites for hydroxylation is 1. The summed E-state index contributed by atoms with van der Waals surface area (Å²) < 4.78 is 13.9. The van der Waals surface area contributed by atoms with Crippen LogP contribution in [0, 0.1) is 12.7 Å². The highest BCUT2D eigenvalue weighted by Crippen LogP contribution is 2.41. The lowest BCUT2D eigenvalue weighted by atomic mass is 9.69. The minimum atomic E-state index is -1.01. The molecule has 0 unspecified atom stereocenters. The molecule has 0 heterocycles. The van der Waals surface area contributed by atoms with Crippen LogP contribution in [0.1, 0.15) is 43.2 Å². The summed E-state index contributed by atoms with van der Waals surface area (Å²) in [5.74, 6) is -1.28. The van der Waals surface area contributed by atoms with Gasteiger partial charge >= 0.3 is 5.97 Å². The van der Waals surface area contributed by atoms with Crippen LogP contribution in [0.25, 0.3) is 0 Å². The monoisotopic (exact) mass is 236 g/mol. The molecule has 0 aliphatic heterocycles. The first-order chi connectivity index (χ1) is 8.06. The van der Waals surface area contributed by atoms with Gasteiger partial charge in [-0.25, -0.2) is 4.39 Å². The van der Waals surface area contributed by atoms with E-state index in [4.69, 9.17) is 0 Å². The van der Waals surface area contributed by atoms with Crippen molar-refractivity contribution in [3.05, 3.63) is 35.1 Å². The van der Waals surface area contributed by atoms with Gasteiger partial charge in [-0.3, -0.25) is 4.79 Å². The maximum atomic E-state index is 13.9. The first-order valence-corrected chi connectivity index (χ1v) is 6.06. The summed E-state index contributed by atoms with van der Waals surface area (Å²) in [6.07, 6.45) is 3.85. The van der Waals surface area contributed by atoms with Gasteiger partial charge in [0.15, 0.2) is 0 Å². The molecule has 0 atom stereocenters. The Bertz CT molecular complexity index is 434. The summed E-state index contributed by atoms with van der Waals surface area (Å²) in [7, 11) is 0. The molecule has 1 aliphatic carbocycles. The quantitative estimate of drug-likeness (QED) is 0.854. The van der Waals surface area contributed by atoms with Gasteiger partial charge in [0.05, 0.1) is 5.41 Å². The van der Waals surface area contributed by atoms with Crippen molar-refractivity contribution in [3.8, 4) is 0 Å². The first kappa shape index (κ1) is 12.1. The Morgan fingerprint density at radius 1 is 1.29 bits per heavy atom. The van der Waals surface area contributed by atoms with Gasteiger partial charge in [0, 0.05) is 5.56 Å². The summed E-state index contributed by atoms with van der Waals surface area (Å²) in [5, 5.41) is 9.49. The molecule has 2 rings (SSSR count). The van der Waals surface area contributed by atoms with E-state index in [1.807, 2.05) is 6.92 Å². The molecule has 1 aromatic rings. The number of rotatable bonds is 2. The van der Waals surface area contributed by atoms with Crippen LogP contribution in [-0.4, -0.2) is 11.1 Å². The third kappa shape index (κ3) is 2.06. The maximum Gasteiger partial charge on any atom is 0.314 e. The van der Waals surface area contributed by atoms with E-state index in [0.717, 1.165) is 24.8 Å². The second kappa shape index (κ2) is 4.47. The molecule has 1 aliphatic rings. The molecule has 2 nitrogen and oxygen atoms in total. The van der Waals surface area contributed by atoms with Crippen molar-refractivity contribution in [2.45, 2.75) is 44.4 Å². The lowest BCUT2D eigenvalue weighted by molar-refractivity contribution is -0.145. The van der Waals surface area contributed by atoms with Crippen LogP contribution in [0.4, 0.5) is 4.39 Å². The molecule has 0 bridgehead atoms. The molecular formula is C14H17FO2. The number of carbonyl (C=O) groups is 1. The predicted molar refractivity (Wildman–Crippen MR) is 63.5 cm³/mol. The lowest BCUT2D eigenvalue weighted by Crippen LogP contribution is -2.38. The van der Waals surface area contributed by atoms with Crippen molar-refractivity contribution >= 4 is 5.97 Å². The average Bonchev–Trinajstić information content (AvgIpc) is 2.33. The number of benzene rings is 1. The van der Waals surface area contributed by atoms with Crippen molar-refractivity contribution < 1.29 is 14.3 Å². The molecule has 1 aromatic carbocycles. The molecule has 1 fully saturated rings. The summed E-state index contributed by atoms with van der Waals surface area (Å²) in [6, 6.07) is 4.75. The molecule has 0 radical (unpaired) electrons. The highest BCUT2D eigenvalue weighted by Gasteiger charge is 2.43. The van der Waals surface area contributed by atoms with Gasteiger partial charge in [0.2, 0.25) is 0 Å². The molecule has 92 valence electrons. The SMILES string of the molecule is Cc1ccc(F)c(C2(C(=O)O)CCCCC2)c1. The fourth-order valence-electron chi connectivity index (χ4n) is 2.76. The largest absolute Gasteiger partial charge is 0.481 e. The minimum Gasteiger partial charge on any atom is -0.481 e. The number of carboxylic acids is 1. The number of carboxylic acid groups (broad SMARTS) is 1. The molecule has 3 heteroatoms. The Balaban J connectivity index is 2.52. The Labute approximate surface area is 100 Å². The molecule has 0 spiro atoms. The van der Waals surface area contributed by atoms with E-state index in [1.54, 1.807) is 12.1 Å². The zero-order chi connectivity index (χ0) is 12.5. The van der Waals surface area contributed by atoms with Gasteiger partial charge in [0.25, 0.3) is 0 Å². The second-order valence-corrected chi connectivity index (χ2v) is 4.93. The fourth-order valence-corrected chi connectivity index (χ4v) is 2.76. The summed E-state index contributed by atoms with van der Waals surface area (Å²) in [4.78, 5) is 11.6. The Hall–Kier alpha value is -1.38. The van der Waals surface area contributed by atoms with Crippen LogP contribution < -0.4 is 0 Å². The lowest BCUT2D eigenvalue weighted by Gasteiger charge is -2.34. The number of hydrogen-bond acceptors (Lipinski definition) is 1. The molecule has 0 saturated heterocycles. The summed E-state index contributed by atoms with van der Waals surface area (Å²) in [5.41, 5.74) is 0.270. The third-order valence-corrected chi connectivity index (χ3v) is 3.75. The van der Waals surface area contributed by atoms with Crippen LogP contribution in [0.3, 0.4) is 0 Å². The smallest absolute Gasteiger partial charge is 0.314 e. The zero-order valence-corrected chi connectivity index (χ0v) is 10.0. The van der Waals surface area contributed by atoms with Crippen molar-refractivity contribution in [3.63, 3.8) is 0 Å². The normalized spacial score (nSPS) is 18.9. The van der Waals surface area contributed by atoms with Gasteiger partial charge < -0.3 is 5.11 Å². The van der Waals surface area contributed by atoms with Gasteiger partial charge in [-0.15, -0.1) is 0 Å². The van der Waals surface area contributed by atoms with Crippen LogP contribution in [-0.2, 0) is 10.2 Å². The topological polar surface area (TPSA) is 37.3 Å². The number of aliphatic carboxylic acids is 1. The van der Waals surface area contributed by atoms with E-state index >= 15 is 0 Å². The van der Waals surface area contributed by atoms with Gasteiger partial charge in [-0.05, 0) is 25.8 Å². The fraction of sp³-hybridized carbons (Fsp3) is 0.500. The highest BCUT2D eigenvalue weighted by atomic mass is 19.1. The average molecular weight is 236 g/mol. The number of hydrogen-bond donors (Lipinski definition) is 1. The highest BCUT2D eigenvalue weighted by molar-refractivity contribution is 5.81. The van der Waals surface area contributed by atoms with Gasteiger partial charge in [-0.1, -0.05) is 37.0 Å². The predicted octanol–water partition coefficient (Wildman–Crippen LogP) is 3.42. The molecule has 0 amide bonds. The third-order valence-electron chi connectivity index (χ3n) is 3.75. The molecule has 17 heavy (non-hydrogen) atoms. The molecular weight excluding hydrogens is 219 g/mol. The van der Waals surface area contributed by atoms with Crippen LogP contribution in [0.15, 0.2) is 18.2 Å². The van der Waals surface area contributed by atoms with Crippen LogP contribution in [0.2, 0.25) is 0 Å². The van der Waals surface area contributed by atoms with E-state index in [-0.39, 0.29) is 5.82 Å². The van der Waals surface area contributed by atoms with Crippen LogP contribution >= 0.6 is 0 Å². The standard InChI is InChI=1S/C14H17FO2/c1-10-5-6-12(15)11(9-10)14(13(16)17)7-3-2-4-8-14/h5-6,9H,2-4,7-8H2,1H3,(H,16,17).